The first kappa shape index (κ1) is 13.1. The number of carboxylic acids is 1. The molecule has 0 unspecified atom stereocenters. The Balaban J connectivity index is 1.83. The van der Waals surface area contributed by atoms with Crippen molar-refractivity contribution in [1.29, 1.82) is 0 Å². The highest BCUT2D eigenvalue weighted by Crippen LogP contribution is 2.14. The van der Waals surface area contributed by atoms with Crippen LogP contribution in [-0.4, -0.2) is 43.7 Å². The molecule has 1 N–H and O–H groups in total. The van der Waals surface area contributed by atoms with Gasteiger partial charge in [-0.2, -0.15) is 0 Å². The normalized spacial score (nSPS) is 17.2. The highest BCUT2D eigenvalue weighted by atomic mass is 16.4. The first-order chi connectivity index (χ1) is 9.74. The monoisotopic (exact) mass is 274 g/mol. The van der Waals surface area contributed by atoms with Crippen molar-refractivity contribution in [3.8, 4) is 0 Å². The van der Waals surface area contributed by atoms with Crippen LogP contribution in [0.2, 0.25) is 0 Å². The smallest absolute Gasteiger partial charge is 0.335 e. The van der Waals surface area contributed by atoms with Gasteiger partial charge in [-0.15, -0.1) is 10.2 Å². The molecule has 0 radical (unpaired) electrons. The fourth-order valence-electron chi connectivity index (χ4n) is 2.68. The molecule has 0 atom stereocenters. The van der Waals surface area contributed by atoms with Gasteiger partial charge in [0.2, 0.25) is 0 Å². The first-order valence-corrected chi connectivity index (χ1v) is 7.03. The summed E-state index contributed by atoms with van der Waals surface area (Å²) in [4.78, 5) is 13.3. The van der Waals surface area contributed by atoms with E-state index in [1.807, 2.05) is 4.40 Å². The lowest BCUT2D eigenvalue weighted by Gasteiger charge is -2.18. The number of pyridine rings is 1. The van der Waals surface area contributed by atoms with E-state index in [0.717, 1.165) is 25.5 Å². The number of aromatic nitrogens is 3. The predicted molar refractivity (Wildman–Crippen MR) is 73.7 cm³/mol. The summed E-state index contributed by atoms with van der Waals surface area (Å²) >= 11 is 0. The summed E-state index contributed by atoms with van der Waals surface area (Å²) in [5.74, 6) is -0.0663. The second-order valence-electron chi connectivity index (χ2n) is 5.26. The summed E-state index contributed by atoms with van der Waals surface area (Å²) < 4.78 is 1.87. The van der Waals surface area contributed by atoms with E-state index in [4.69, 9.17) is 5.11 Å². The van der Waals surface area contributed by atoms with Gasteiger partial charge in [-0.3, -0.25) is 9.30 Å². The molecule has 3 rings (SSSR count). The molecule has 1 fully saturated rings. The number of hydrogen-bond acceptors (Lipinski definition) is 4. The minimum Gasteiger partial charge on any atom is -0.478 e. The van der Waals surface area contributed by atoms with Crippen molar-refractivity contribution in [2.24, 2.45) is 0 Å². The zero-order valence-corrected chi connectivity index (χ0v) is 11.3. The van der Waals surface area contributed by atoms with Crippen LogP contribution in [0.25, 0.3) is 5.65 Å². The molecule has 0 aromatic carbocycles. The number of carboxylic acid groups (broad SMARTS) is 1. The Bertz CT molecular complexity index is 615. The molecule has 0 aliphatic carbocycles. The van der Waals surface area contributed by atoms with E-state index in [0.29, 0.717) is 5.65 Å². The van der Waals surface area contributed by atoms with E-state index >= 15 is 0 Å². The molecule has 2 aromatic rings. The Morgan fingerprint density at radius 1 is 1.20 bits per heavy atom. The van der Waals surface area contributed by atoms with Gasteiger partial charge in [0.05, 0.1) is 12.1 Å². The van der Waals surface area contributed by atoms with E-state index in [1.54, 1.807) is 18.3 Å². The second-order valence-corrected chi connectivity index (χ2v) is 5.26. The first-order valence-electron chi connectivity index (χ1n) is 7.03. The second kappa shape index (κ2) is 5.58. The molecule has 0 spiro atoms. The average molecular weight is 274 g/mol. The van der Waals surface area contributed by atoms with Crippen LogP contribution in [0.15, 0.2) is 18.3 Å². The fourth-order valence-corrected chi connectivity index (χ4v) is 2.68. The number of nitrogens with zero attached hydrogens (tertiary/aromatic N) is 4. The van der Waals surface area contributed by atoms with Crippen molar-refractivity contribution in [3.05, 3.63) is 29.7 Å². The van der Waals surface area contributed by atoms with Crippen molar-refractivity contribution in [3.63, 3.8) is 0 Å². The van der Waals surface area contributed by atoms with Gasteiger partial charge in [-0.05, 0) is 38.1 Å². The minimum atomic E-state index is -0.940. The lowest BCUT2D eigenvalue weighted by Crippen LogP contribution is -2.25. The van der Waals surface area contributed by atoms with E-state index in [-0.39, 0.29) is 5.56 Å². The molecule has 20 heavy (non-hydrogen) atoms. The standard InChI is InChI=1S/C14H18N4O2/c19-14(20)11-5-8-18-12(9-11)15-16-13(18)10-17-6-3-1-2-4-7-17/h5,8-9H,1-4,6-7,10H2,(H,19,20). The number of rotatable bonds is 3. The van der Waals surface area contributed by atoms with Crippen LogP contribution in [0.5, 0.6) is 0 Å². The summed E-state index contributed by atoms with van der Waals surface area (Å²) in [5.41, 5.74) is 0.834. The third kappa shape index (κ3) is 2.65. The minimum absolute atomic E-state index is 0.242. The van der Waals surface area contributed by atoms with Gasteiger partial charge >= 0.3 is 5.97 Å². The maximum absolute atomic E-state index is 10.9. The van der Waals surface area contributed by atoms with Crippen molar-refractivity contribution in [2.75, 3.05) is 13.1 Å². The molecule has 0 amide bonds. The maximum Gasteiger partial charge on any atom is 0.335 e. The van der Waals surface area contributed by atoms with Gasteiger partial charge in [0.1, 0.15) is 0 Å². The molecular formula is C14H18N4O2. The third-order valence-electron chi connectivity index (χ3n) is 3.79. The zero-order chi connectivity index (χ0) is 13.9. The third-order valence-corrected chi connectivity index (χ3v) is 3.79. The van der Waals surface area contributed by atoms with Crippen molar-refractivity contribution >= 4 is 11.6 Å². The van der Waals surface area contributed by atoms with Crippen LogP contribution in [0.3, 0.4) is 0 Å². The van der Waals surface area contributed by atoms with E-state index in [1.165, 1.54) is 25.7 Å². The van der Waals surface area contributed by atoms with E-state index in [9.17, 15) is 4.79 Å². The van der Waals surface area contributed by atoms with E-state index in [2.05, 4.69) is 15.1 Å². The van der Waals surface area contributed by atoms with Gasteiger partial charge in [0.15, 0.2) is 11.5 Å². The number of hydrogen-bond donors (Lipinski definition) is 1. The van der Waals surface area contributed by atoms with Crippen LogP contribution in [0.1, 0.15) is 41.9 Å². The van der Waals surface area contributed by atoms with Crippen LogP contribution >= 0.6 is 0 Å². The Labute approximate surface area is 117 Å². The van der Waals surface area contributed by atoms with Crippen LogP contribution in [0.4, 0.5) is 0 Å². The van der Waals surface area contributed by atoms with Gasteiger partial charge in [0, 0.05) is 6.20 Å². The predicted octanol–water partition coefficient (Wildman–Crippen LogP) is 1.80. The van der Waals surface area contributed by atoms with Crippen molar-refractivity contribution < 1.29 is 9.90 Å². The Morgan fingerprint density at radius 2 is 1.95 bits per heavy atom. The Kier molecular flexibility index (Phi) is 3.64. The molecular weight excluding hydrogens is 256 g/mol. The van der Waals surface area contributed by atoms with Gasteiger partial charge in [-0.1, -0.05) is 12.8 Å². The summed E-state index contributed by atoms with van der Waals surface area (Å²) in [6, 6.07) is 3.14. The zero-order valence-electron chi connectivity index (χ0n) is 11.3. The molecule has 1 aliphatic heterocycles. The number of aromatic carboxylic acids is 1. The fraction of sp³-hybridized carbons (Fsp3) is 0.500. The maximum atomic E-state index is 10.9. The number of carbonyl (C=O) groups is 1. The molecule has 2 aromatic heterocycles. The molecule has 1 saturated heterocycles. The lowest BCUT2D eigenvalue weighted by atomic mass is 10.2. The van der Waals surface area contributed by atoms with Crippen LogP contribution in [0, 0.1) is 0 Å². The molecule has 3 heterocycles. The van der Waals surface area contributed by atoms with Crippen molar-refractivity contribution in [2.45, 2.75) is 32.2 Å². The highest BCUT2D eigenvalue weighted by Gasteiger charge is 2.14. The van der Waals surface area contributed by atoms with E-state index < -0.39 is 5.97 Å². The Morgan fingerprint density at radius 3 is 2.65 bits per heavy atom. The molecule has 6 heteroatoms. The van der Waals surface area contributed by atoms with Crippen LogP contribution in [-0.2, 0) is 6.54 Å². The summed E-state index contributed by atoms with van der Waals surface area (Å²) in [6.07, 6.45) is 6.82. The number of likely N-dealkylation sites (tertiary alicyclic amines) is 1. The quantitative estimate of drug-likeness (QED) is 0.924. The van der Waals surface area contributed by atoms with Gasteiger partial charge in [0.25, 0.3) is 0 Å². The molecule has 0 saturated carbocycles. The summed E-state index contributed by atoms with van der Waals surface area (Å²) in [6.45, 7) is 2.97. The summed E-state index contributed by atoms with van der Waals surface area (Å²) in [5, 5.41) is 17.3. The van der Waals surface area contributed by atoms with Crippen LogP contribution < -0.4 is 0 Å². The highest BCUT2D eigenvalue weighted by molar-refractivity contribution is 5.88. The average Bonchev–Trinajstić information content (AvgIpc) is 2.66. The van der Waals surface area contributed by atoms with Gasteiger partial charge < -0.3 is 5.11 Å². The SMILES string of the molecule is O=C(O)c1ccn2c(CN3CCCCCC3)nnc2c1. The lowest BCUT2D eigenvalue weighted by molar-refractivity contribution is 0.0697. The largest absolute Gasteiger partial charge is 0.478 e. The topological polar surface area (TPSA) is 70.7 Å². The Hall–Kier alpha value is -1.95. The molecule has 0 bridgehead atoms. The number of fused-ring (bicyclic) bond motifs is 1. The van der Waals surface area contributed by atoms with Gasteiger partial charge in [-0.25, -0.2) is 4.79 Å². The summed E-state index contributed by atoms with van der Waals surface area (Å²) in [7, 11) is 0. The molecule has 6 nitrogen and oxygen atoms in total. The van der Waals surface area contributed by atoms with Crippen molar-refractivity contribution in [1.82, 2.24) is 19.5 Å². The molecule has 1 aliphatic rings. The molecule has 106 valence electrons.